The Morgan fingerprint density at radius 2 is 0.781 bits per heavy atom. The molecule has 0 aliphatic carbocycles. The molecule has 64 heavy (non-hydrogen) atoms. The molecule has 0 unspecified atom stereocenters. The van der Waals surface area contributed by atoms with Crippen molar-refractivity contribution in [1.29, 1.82) is 0 Å². The molecular weight excluding hydrogens is 775 g/mol. The Morgan fingerprint density at radius 1 is 0.250 bits per heavy atom. The van der Waals surface area contributed by atoms with Crippen LogP contribution >= 0.6 is 0 Å². The third-order valence-electron chi connectivity index (χ3n) is 12.5. The maximum absolute atomic E-state index is 5.36. The third kappa shape index (κ3) is 6.77. The fourth-order valence-electron chi connectivity index (χ4n) is 9.23. The van der Waals surface area contributed by atoms with Gasteiger partial charge in [-0.05, 0) is 85.3 Å². The van der Waals surface area contributed by atoms with Gasteiger partial charge in [-0.15, -0.1) is 0 Å². The van der Waals surface area contributed by atoms with E-state index in [1.165, 1.54) is 43.6 Å². The molecule has 3 nitrogen and oxygen atoms in total. The average Bonchev–Trinajstić information content (AvgIpc) is 3.38. The van der Waals surface area contributed by atoms with Gasteiger partial charge in [0.15, 0.2) is 5.82 Å². The van der Waals surface area contributed by atoms with Gasteiger partial charge in [0.25, 0.3) is 0 Å². The van der Waals surface area contributed by atoms with Gasteiger partial charge in [0.1, 0.15) is 0 Å². The minimum Gasteiger partial charge on any atom is -0.247 e. The summed E-state index contributed by atoms with van der Waals surface area (Å²) in [6.07, 6.45) is 0. The van der Waals surface area contributed by atoms with Crippen LogP contribution < -0.4 is 0 Å². The van der Waals surface area contributed by atoms with Gasteiger partial charge in [0.2, 0.25) is 0 Å². The zero-order valence-corrected chi connectivity index (χ0v) is 34.9. The molecule has 12 rings (SSSR count). The van der Waals surface area contributed by atoms with Crippen molar-refractivity contribution in [3.8, 4) is 78.5 Å². The maximum atomic E-state index is 5.36. The highest BCUT2D eigenvalue weighted by molar-refractivity contribution is 6.25. The molecular formula is C61H39N3. The Labute approximate surface area is 371 Å². The monoisotopic (exact) mass is 813 g/mol. The molecule has 0 aliphatic heterocycles. The second-order valence-corrected chi connectivity index (χ2v) is 16.4. The molecule has 10 aromatic carbocycles. The fraction of sp³-hybridized carbons (Fsp3) is 0. The van der Waals surface area contributed by atoms with Crippen LogP contribution in [0.25, 0.3) is 122 Å². The molecule has 0 radical (unpaired) electrons. The Hall–Kier alpha value is -8.53. The van der Waals surface area contributed by atoms with E-state index in [9.17, 15) is 0 Å². The molecule has 0 bridgehead atoms. The van der Waals surface area contributed by atoms with E-state index in [1.807, 2.05) is 24.3 Å². The number of benzene rings is 10. The summed E-state index contributed by atoms with van der Waals surface area (Å²) in [6.45, 7) is 0. The van der Waals surface area contributed by atoms with Crippen LogP contribution in [0.15, 0.2) is 237 Å². The summed E-state index contributed by atoms with van der Waals surface area (Å²) in [6, 6.07) is 84.1. The molecule has 0 N–H and O–H groups in total. The highest BCUT2D eigenvalue weighted by Gasteiger charge is 2.18. The van der Waals surface area contributed by atoms with Gasteiger partial charge in [0, 0.05) is 38.4 Å². The lowest BCUT2D eigenvalue weighted by atomic mass is 9.89. The second kappa shape index (κ2) is 15.7. The minimum atomic E-state index is 0.699. The lowest BCUT2D eigenvalue weighted by Gasteiger charge is -2.16. The molecule has 2 aromatic heterocycles. The smallest absolute Gasteiger partial charge is 0.160 e. The van der Waals surface area contributed by atoms with Gasteiger partial charge in [-0.2, -0.15) is 0 Å². The predicted octanol–water partition coefficient (Wildman–Crippen LogP) is 16.2. The van der Waals surface area contributed by atoms with Crippen molar-refractivity contribution in [1.82, 2.24) is 15.0 Å². The van der Waals surface area contributed by atoms with E-state index in [0.717, 1.165) is 72.3 Å². The van der Waals surface area contributed by atoms with Crippen LogP contribution in [0.4, 0.5) is 0 Å². The van der Waals surface area contributed by atoms with Crippen molar-refractivity contribution >= 4 is 43.2 Å². The summed E-state index contributed by atoms with van der Waals surface area (Å²) in [5.41, 5.74) is 14.9. The van der Waals surface area contributed by atoms with E-state index < -0.39 is 0 Å². The molecule has 0 saturated carbocycles. The van der Waals surface area contributed by atoms with Gasteiger partial charge in [-0.25, -0.2) is 15.0 Å². The molecule has 0 fully saturated rings. The van der Waals surface area contributed by atoms with E-state index in [4.69, 9.17) is 15.0 Å². The molecule has 0 atom stereocenters. The van der Waals surface area contributed by atoms with Crippen LogP contribution in [-0.2, 0) is 0 Å². The Morgan fingerprint density at radius 3 is 1.55 bits per heavy atom. The first kappa shape index (κ1) is 37.2. The largest absolute Gasteiger partial charge is 0.247 e. The van der Waals surface area contributed by atoms with Gasteiger partial charge >= 0.3 is 0 Å². The molecule has 0 spiro atoms. The number of pyridine rings is 1. The number of rotatable bonds is 7. The number of hydrogen-bond donors (Lipinski definition) is 0. The van der Waals surface area contributed by atoms with Crippen molar-refractivity contribution in [2.24, 2.45) is 0 Å². The standard InChI is InChI=1S/C61H39N3/c1-3-14-40(15-4-1)42-28-33-45(34-29-42)57-39-58(64-61(63-57)46-17-5-2-6-18-46)49-21-13-20-48(36-49)43-26-31-44(32-27-43)54-38-55-59(52-23-10-9-22-51(52)54)53-24-11-12-25-56(53)62-60(55)50-35-30-41-16-7-8-19-47(41)37-50/h1-39H. The van der Waals surface area contributed by atoms with Crippen molar-refractivity contribution in [2.75, 3.05) is 0 Å². The first-order valence-corrected chi connectivity index (χ1v) is 21.8. The second-order valence-electron chi connectivity index (χ2n) is 16.4. The zero-order chi connectivity index (χ0) is 42.4. The Kier molecular flexibility index (Phi) is 9.16. The van der Waals surface area contributed by atoms with Crippen molar-refractivity contribution in [2.45, 2.75) is 0 Å². The van der Waals surface area contributed by atoms with Crippen molar-refractivity contribution in [3.05, 3.63) is 237 Å². The number of hydrogen-bond acceptors (Lipinski definition) is 3. The van der Waals surface area contributed by atoms with Crippen LogP contribution in [0.2, 0.25) is 0 Å². The van der Waals surface area contributed by atoms with Crippen LogP contribution in [0.1, 0.15) is 0 Å². The Balaban J connectivity index is 0.945. The molecule has 0 saturated heterocycles. The van der Waals surface area contributed by atoms with Gasteiger partial charge in [-0.3, -0.25) is 0 Å². The molecule has 0 amide bonds. The summed E-state index contributed by atoms with van der Waals surface area (Å²) >= 11 is 0. The number of fused-ring (bicyclic) bond motifs is 6. The topological polar surface area (TPSA) is 38.7 Å². The van der Waals surface area contributed by atoms with E-state index in [0.29, 0.717) is 5.82 Å². The number of nitrogens with zero attached hydrogens (tertiary/aromatic N) is 3. The van der Waals surface area contributed by atoms with Gasteiger partial charge in [0.05, 0.1) is 22.6 Å². The highest BCUT2D eigenvalue weighted by atomic mass is 14.9. The van der Waals surface area contributed by atoms with E-state index >= 15 is 0 Å². The van der Waals surface area contributed by atoms with Crippen molar-refractivity contribution in [3.63, 3.8) is 0 Å². The zero-order valence-electron chi connectivity index (χ0n) is 34.9. The van der Waals surface area contributed by atoms with E-state index in [2.05, 4.69) is 212 Å². The Bertz CT molecular complexity index is 3690. The van der Waals surface area contributed by atoms with Crippen LogP contribution in [0, 0.1) is 0 Å². The van der Waals surface area contributed by atoms with Gasteiger partial charge < -0.3 is 0 Å². The number of aromatic nitrogens is 3. The average molecular weight is 814 g/mol. The van der Waals surface area contributed by atoms with E-state index in [-0.39, 0.29) is 0 Å². The quantitative estimate of drug-likeness (QED) is 0.150. The van der Waals surface area contributed by atoms with Gasteiger partial charge in [-0.1, -0.05) is 206 Å². The van der Waals surface area contributed by atoms with Crippen LogP contribution in [0.3, 0.4) is 0 Å². The number of para-hydroxylation sites is 1. The molecule has 2 heterocycles. The summed E-state index contributed by atoms with van der Waals surface area (Å²) in [5.74, 6) is 0.699. The summed E-state index contributed by atoms with van der Waals surface area (Å²) in [5, 5.41) is 8.39. The first-order chi connectivity index (χ1) is 31.7. The van der Waals surface area contributed by atoms with Crippen LogP contribution in [-0.4, -0.2) is 15.0 Å². The molecule has 298 valence electrons. The maximum Gasteiger partial charge on any atom is 0.160 e. The molecule has 3 heteroatoms. The normalized spacial score (nSPS) is 11.4. The predicted molar refractivity (Wildman–Crippen MR) is 268 cm³/mol. The van der Waals surface area contributed by atoms with Crippen LogP contribution in [0.5, 0.6) is 0 Å². The lowest BCUT2D eigenvalue weighted by molar-refractivity contribution is 1.18. The summed E-state index contributed by atoms with van der Waals surface area (Å²) < 4.78 is 0. The lowest BCUT2D eigenvalue weighted by Crippen LogP contribution is -1.96. The van der Waals surface area contributed by atoms with Crippen molar-refractivity contribution < 1.29 is 0 Å². The highest BCUT2D eigenvalue weighted by Crippen LogP contribution is 2.42. The van der Waals surface area contributed by atoms with E-state index in [1.54, 1.807) is 0 Å². The minimum absolute atomic E-state index is 0.699. The SMILES string of the molecule is c1ccc(-c2ccc(-c3cc(-c4cccc(-c5ccc(-c6cc7c(-c8ccc9ccccc9c8)nc8ccccc8c7c7ccccc67)cc5)c4)nc(-c4ccccc4)n3)cc2)cc1. The fourth-order valence-corrected chi connectivity index (χ4v) is 9.23. The first-order valence-electron chi connectivity index (χ1n) is 21.8. The molecule has 0 aliphatic rings. The molecule has 12 aromatic rings. The summed E-state index contributed by atoms with van der Waals surface area (Å²) in [4.78, 5) is 15.6. The third-order valence-corrected chi connectivity index (χ3v) is 12.5. The summed E-state index contributed by atoms with van der Waals surface area (Å²) in [7, 11) is 0.